The van der Waals surface area contributed by atoms with Crippen molar-refractivity contribution in [3.05, 3.63) is 0 Å². The van der Waals surface area contributed by atoms with Crippen LogP contribution in [0.3, 0.4) is 0 Å². The molecule has 4 unspecified atom stereocenters. The molecule has 0 aliphatic carbocycles. The summed E-state index contributed by atoms with van der Waals surface area (Å²) in [6.07, 6.45) is 2.94. The van der Waals surface area contributed by atoms with E-state index in [1.54, 1.807) is 0 Å². The van der Waals surface area contributed by atoms with Gasteiger partial charge in [-0.05, 0) is 12.8 Å². The van der Waals surface area contributed by atoms with Crippen LogP contribution in [0.1, 0.15) is 12.8 Å². The Labute approximate surface area is 120 Å². The van der Waals surface area contributed by atoms with Crippen LogP contribution in [0.15, 0.2) is 0 Å². The van der Waals surface area contributed by atoms with E-state index < -0.39 is 0 Å². The minimum absolute atomic E-state index is 0.924. The van der Waals surface area contributed by atoms with Gasteiger partial charge in [-0.25, -0.2) is 0 Å². The first-order valence-corrected chi connectivity index (χ1v) is 11.2. The van der Waals surface area contributed by atoms with Gasteiger partial charge in [0.05, 0.1) is 4.58 Å². The molecule has 3 heterocycles. The van der Waals surface area contributed by atoms with Gasteiger partial charge in [0.1, 0.15) is 0 Å². The lowest BCUT2D eigenvalue weighted by Gasteiger charge is -2.27. The van der Waals surface area contributed by atoms with Gasteiger partial charge < -0.3 is 0 Å². The van der Waals surface area contributed by atoms with E-state index >= 15 is 0 Å². The number of hydrogen-bond acceptors (Lipinski definition) is 5. The SMILES string of the molecule is C1CC(SCC2CS2)SCC1SCC1CS1. The Balaban J connectivity index is 1.28. The highest BCUT2D eigenvalue weighted by atomic mass is 32.2. The van der Waals surface area contributed by atoms with E-state index in [1.807, 2.05) is 0 Å². The summed E-state index contributed by atoms with van der Waals surface area (Å²) in [4.78, 5) is 0. The largest absolute Gasteiger partial charge is 0.157 e. The Morgan fingerprint density at radius 1 is 0.812 bits per heavy atom. The summed E-state index contributed by atoms with van der Waals surface area (Å²) in [6.45, 7) is 0. The molecule has 0 aromatic heterocycles. The molecule has 3 rings (SSSR count). The summed E-state index contributed by atoms with van der Waals surface area (Å²) in [7, 11) is 0. The molecule has 0 nitrogen and oxygen atoms in total. The van der Waals surface area contributed by atoms with Crippen LogP contribution in [-0.2, 0) is 0 Å². The second-order valence-electron chi connectivity index (χ2n) is 4.54. The Kier molecular flexibility index (Phi) is 5.00. The summed E-state index contributed by atoms with van der Waals surface area (Å²) in [5.41, 5.74) is 0. The van der Waals surface area contributed by atoms with Gasteiger partial charge in [0.15, 0.2) is 0 Å². The third kappa shape index (κ3) is 4.45. The highest BCUT2D eigenvalue weighted by molar-refractivity contribution is 8.18. The molecule has 0 spiro atoms. The van der Waals surface area contributed by atoms with Gasteiger partial charge in [-0.3, -0.25) is 0 Å². The van der Waals surface area contributed by atoms with Crippen molar-refractivity contribution in [3.63, 3.8) is 0 Å². The van der Waals surface area contributed by atoms with E-state index in [1.165, 1.54) is 41.6 Å². The zero-order chi connectivity index (χ0) is 10.8. The number of rotatable bonds is 6. The van der Waals surface area contributed by atoms with Crippen molar-refractivity contribution >= 4 is 58.8 Å². The van der Waals surface area contributed by atoms with Crippen LogP contribution >= 0.6 is 58.8 Å². The molecule has 4 atom stereocenters. The van der Waals surface area contributed by atoms with Gasteiger partial charge in [0.25, 0.3) is 0 Å². The lowest BCUT2D eigenvalue weighted by molar-refractivity contribution is 0.761. The maximum Gasteiger partial charge on any atom is 0.0503 e. The van der Waals surface area contributed by atoms with Gasteiger partial charge in [0.2, 0.25) is 0 Å². The second kappa shape index (κ2) is 6.27. The molecule has 0 radical (unpaired) electrons. The Bertz CT molecular complexity index is 194. The first-order chi connectivity index (χ1) is 7.90. The van der Waals surface area contributed by atoms with Crippen molar-refractivity contribution in [3.8, 4) is 0 Å². The zero-order valence-electron chi connectivity index (χ0n) is 9.30. The average molecular weight is 311 g/mol. The first-order valence-electron chi connectivity index (χ1n) is 5.98. The molecule has 3 aliphatic heterocycles. The molecular formula is C11H18S5. The fraction of sp³-hybridized carbons (Fsp3) is 1.00. The van der Waals surface area contributed by atoms with Gasteiger partial charge in [-0.15, -0.1) is 23.5 Å². The summed E-state index contributed by atoms with van der Waals surface area (Å²) in [6, 6.07) is 0. The standard InChI is InChI=1S/C11H18S5/c1-2-11(16-7-10-6-14-10)15-3-8(1)12-4-9-5-13-9/h8-11H,1-7H2. The van der Waals surface area contributed by atoms with Gasteiger partial charge in [-0.1, -0.05) is 0 Å². The maximum atomic E-state index is 2.25. The van der Waals surface area contributed by atoms with Gasteiger partial charge in [0, 0.05) is 44.5 Å². The normalized spacial score (nSPS) is 42.0. The molecule has 0 N–H and O–H groups in total. The summed E-state index contributed by atoms with van der Waals surface area (Å²) < 4.78 is 0.924. The second-order valence-corrected chi connectivity index (χ2v) is 11.3. The van der Waals surface area contributed by atoms with E-state index in [-0.39, 0.29) is 0 Å². The van der Waals surface area contributed by atoms with Crippen molar-refractivity contribution in [2.75, 3.05) is 28.8 Å². The average Bonchev–Trinajstić information content (AvgIpc) is 3.17. The summed E-state index contributed by atoms with van der Waals surface area (Å²) in [5.74, 6) is 7.12. The maximum absolute atomic E-state index is 2.25. The molecule has 0 bridgehead atoms. The Hall–Kier alpha value is 1.75. The minimum Gasteiger partial charge on any atom is -0.157 e. The van der Waals surface area contributed by atoms with Crippen molar-refractivity contribution in [1.29, 1.82) is 0 Å². The molecule has 0 aromatic rings. The quantitative estimate of drug-likeness (QED) is 0.680. The molecular weight excluding hydrogens is 292 g/mol. The van der Waals surface area contributed by atoms with Crippen molar-refractivity contribution in [2.24, 2.45) is 0 Å². The predicted molar refractivity (Wildman–Crippen MR) is 86.7 cm³/mol. The summed E-state index contributed by atoms with van der Waals surface area (Å²) >= 11 is 11.0. The van der Waals surface area contributed by atoms with Crippen molar-refractivity contribution < 1.29 is 0 Å². The third-order valence-electron chi connectivity index (χ3n) is 2.98. The lowest BCUT2D eigenvalue weighted by atomic mass is 10.2. The van der Waals surface area contributed by atoms with Gasteiger partial charge >= 0.3 is 0 Å². The smallest absolute Gasteiger partial charge is 0.0503 e. The Morgan fingerprint density at radius 3 is 2.06 bits per heavy atom. The first kappa shape index (κ1) is 12.8. The van der Waals surface area contributed by atoms with Crippen molar-refractivity contribution in [2.45, 2.75) is 33.2 Å². The molecule has 3 fully saturated rings. The van der Waals surface area contributed by atoms with Crippen LogP contribution in [0, 0.1) is 0 Å². The van der Waals surface area contributed by atoms with Crippen LogP contribution < -0.4 is 0 Å². The fourth-order valence-corrected chi connectivity index (χ4v) is 7.93. The van der Waals surface area contributed by atoms with E-state index in [0.29, 0.717) is 0 Å². The topological polar surface area (TPSA) is 0 Å². The van der Waals surface area contributed by atoms with E-state index in [2.05, 4.69) is 58.8 Å². The van der Waals surface area contributed by atoms with E-state index in [0.717, 1.165) is 20.3 Å². The molecule has 0 amide bonds. The van der Waals surface area contributed by atoms with Crippen molar-refractivity contribution in [1.82, 2.24) is 0 Å². The van der Waals surface area contributed by atoms with Crippen LogP contribution in [0.4, 0.5) is 0 Å². The number of hydrogen-bond donors (Lipinski definition) is 0. The van der Waals surface area contributed by atoms with E-state index in [9.17, 15) is 0 Å². The molecule has 3 saturated heterocycles. The molecule has 3 aliphatic rings. The third-order valence-corrected chi connectivity index (χ3v) is 10.2. The monoisotopic (exact) mass is 310 g/mol. The van der Waals surface area contributed by atoms with E-state index in [4.69, 9.17) is 0 Å². The van der Waals surface area contributed by atoms with Crippen LogP contribution in [0.25, 0.3) is 0 Å². The highest BCUT2D eigenvalue weighted by Crippen LogP contribution is 2.42. The van der Waals surface area contributed by atoms with Crippen LogP contribution in [0.5, 0.6) is 0 Å². The van der Waals surface area contributed by atoms with Crippen LogP contribution in [0.2, 0.25) is 0 Å². The molecule has 0 aromatic carbocycles. The predicted octanol–water partition coefficient (Wildman–Crippen LogP) is 3.91. The van der Waals surface area contributed by atoms with Crippen LogP contribution in [-0.4, -0.2) is 49.1 Å². The molecule has 16 heavy (non-hydrogen) atoms. The van der Waals surface area contributed by atoms with Gasteiger partial charge in [-0.2, -0.15) is 35.3 Å². The minimum atomic E-state index is 0.924. The highest BCUT2D eigenvalue weighted by Gasteiger charge is 2.28. The Morgan fingerprint density at radius 2 is 1.50 bits per heavy atom. The zero-order valence-corrected chi connectivity index (χ0v) is 13.4. The molecule has 0 saturated carbocycles. The molecule has 5 heteroatoms. The summed E-state index contributed by atoms with van der Waals surface area (Å²) in [5, 5.41) is 3.01. The lowest BCUT2D eigenvalue weighted by Crippen LogP contribution is -2.19. The number of thioether (sulfide) groups is 5. The fourth-order valence-electron chi connectivity index (χ4n) is 1.75. The molecule has 92 valence electrons.